The van der Waals surface area contributed by atoms with E-state index in [1.807, 2.05) is 0 Å². The van der Waals surface area contributed by atoms with Crippen molar-refractivity contribution in [1.29, 1.82) is 0 Å². The molecule has 26 heavy (non-hydrogen) atoms. The fourth-order valence-corrected chi connectivity index (χ4v) is 4.49. The number of piperazine rings is 1. The van der Waals surface area contributed by atoms with Crippen molar-refractivity contribution in [3.63, 3.8) is 0 Å². The monoisotopic (exact) mass is 364 g/mol. The highest BCUT2D eigenvalue weighted by molar-refractivity contribution is 6.09. The van der Waals surface area contributed by atoms with E-state index < -0.39 is 11.6 Å². The highest BCUT2D eigenvalue weighted by atomic mass is 16.2. The molecule has 3 fully saturated rings. The molecule has 1 aliphatic carbocycles. The van der Waals surface area contributed by atoms with Crippen molar-refractivity contribution in [3.05, 3.63) is 0 Å². The van der Waals surface area contributed by atoms with Crippen molar-refractivity contribution in [2.45, 2.75) is 58.4 Å². The van der Waals surface area contributed by atoms with Gasteiger partial charge in [-0.3, -0.25) is 14.5 Å². The Morgan fingerprint density at radius 3 is 2.38 bits per heavy atom. The maximum atomic E-state index is 13.0. The van der Waals surface area contributed by atoms with Gasteiger partial charge in [0.15, 0.2) is 0 Å². The van der Waals surface area contributed by atoms with E-state index in [-0.39, 0.29) is 23.8 Å². The molecule has 0 unspecified atom stereocenters. The lowest BCUT2D eigenvalue weighted by Crippen LogP contribution is -2.52. The summed E-state index contributed by atoms with van der Waals surface area (Å²) < 4.78 is 0. The maximum absolute atomic E-state index is 13.0. The zero-order valence-corrected chi connectivity index (χ0v) is 16.3. The third-order valence-electron chi connectivity index (χ3n) is 6.86. The van der Waals surface area contributed by atoms with Crippen molar-refractivity contribution in [3.8, 4) is 0 Å². The Balaban J connectivity index is 1.63. The van der Waals surface area contributed by atoms with Crippen molar-refractivity contribution in [1.82, 2.24) is 20.4 Å². The molecule has 0 aromatic heterocycles. The van der Waals surface area contributed by atoms with Crippen molar-refractivity contribution >= 4 is 17.8 Å². The van der Waals surface area contributed by atoms with E-state index in [0.29, 0.717) is 31.8 Å². The molecule has 2 heterocycles. The predicted octanol–water partition coefficient (Wildman–Crippen LogP) is 1.34. The van der Waals surface area contributed by atoms with Gasteiger partial charge in [-0.05, 0) is 37.0 Å². The van der Waals surface area contributed by atoms with Gasteiger partial charge >= 0.3 is 6.03 Å². The molecule has 7 nitrogen and oxygen atoms in total. The van der Waals surface area contributed by atoms with Crippen LogP contribution in [0.1, 0.15) is 52.9 Å². The second-order valence-corrected chi connectivity index (χ2v) is 8.65. The highest BCUT2D eigenvalue weighted by Crippen LogP contribution is 2.45. The number of amides is 4. The maximum Gasteiger partial charge on any atom is 0.325 e. The Labute approximate surface area is 155 Å². The molecule has 1 saturated carbocycles. The van der Waals surface area contributed by atoms with Gasteiger partial charge in [-0.15, -0.1) is 0 Å². The number of rotatable bonds is 4. The summed E-state index contributed by atoms with van der Waals surface area (Å²) >= 11 is 0. The van der Waals surface area contributed by atoms with Crippen LogP contribution in [0.15, 0.2) is 0 Å². The molecule has 0 atom stereocenters. The quantitative estimate of drug-likeness (QED) is 0.738. The van der Waals surface area contributed by atoms with E-state index >= 15 is 0 Å². The molecule has 0 radical (unpaired) electrons. The minimum absolute atomic E-state index is 0.143. The second kappa shape index (κ2) is 7.18. The average Bonchev–Trinajstić information content (AvgIpc) is 2.87. The van der Waals surface area contributed by atoms with Crippen LogP contribution in [0.4, 0.5) is 4.79 Å². The molecule has 2 saturated heterocycles. The fraction of sp³-hybridized carbons (Fsp3) is 0.842. The number of hydrogen-bond acceptors (Lipinski definition) is 4. The molecule has 7 heteroatoms. The first-order valence-electron chi connectivity index (χ1n) is 9.92. The second-order valence-electron chi connectivity index (χ2n) is 8.65. The summed E-state index contributed by atoms with van der Waals surface area (Å²) in [5.41, 5.74) is -0.535. The third-order valence-corrected chi connectivity index (χ3v) is 6.86. The lowest BCUT2D eigenvalue weighted by molar-refractivity contribution is -0.140. The molecule has 0 bridgehead atoms. The first kappa shape index (κ1) is 19.1. The van der Waals surface area contributed by atoms with Crippen LogP contribution in [0.3, 0.4) is 0 Å². The Kier molecular flexibility index (Phi) is 5.28. The molecule has 0 aromatic carbocycles. The average molecular weight is 364 g/mol. The summed E-state index contributed by atoms with van der Waals surface area (Å²) in [5, 5.41) is 6.12. The van der Waals surface area contributed by atoms with Crippen molar-refractivity contribution in [2.75, 3.05) is 32.7 Å². The predicted molar refractivity (Wildman–Crippen MR) is 98.5 cm³/mol. The molecule has 146 valence electrons. The van der Waals surface area contributed by atoms with E-state index in [1.165, 1.54) is 0 Å². The Morgan fingerprint density at radius 1 is 1.19 bits per heavy atom. The van der Waals surface area contributed by atoms with Crippen LogP contribution >= 0.6 is 0 Å². The molecule has 2 N–H and O–H groups in total. The third kappa shape index (κ3) is 3.46. The van der Waals surface area contributed by atoms with Gasteiger partial charge in [0.2, 0.25) is 5.91 Å². The summed E-state index contributed by atoms with van der Waals surface area (Å²) in [6.45, 7) is 9.39. The van der Waals surface area contributed by atoms with Crippen LogP contribution < -0.4 is 10.6 Å². The molecular weight excluding hydrogens is 332 g/mol. The zero-order chi connectivity index (χ0) is 18.9. The van der Waals surface area contributed by atoms with Crippen molar-refractivity contribution in [2.24, 2.45) is 11.3 Å². The van der Waals surface area contributed by atoms with Gasteiger partial charge in [0.05, 0.1) is 0 Å². The van der Waals surface area contributed by atoms with Gasteiger partial charge in [0, 0.05) is 26.2 Å². The standard InChI is InChI=1S/C19H32N4O3/c1-4-18(2,3)14-5-7-19(8-6-14)16(25)23(17(26)21-19)13-15(24)22-11-9-20-10-12-22/h14,20H,4-13H2,1-3H3,(H,21,26). The minimum atomic E-state index is -0.791. The van der Waals surface area contributed by atoms with Crippen LogP contribution in [-0.2, 0) is 9.59 Å². The lowest BCUT2D eigenvalue weighted by Gasteiger charge is -2.42. The molecular formula is C19H32N4O3. The Hall–Kier alpha value is -1.63. The van der Waals surface area contributed by atoms with Gasteiger partial charge < -0.3 is 15.5 Å². The number of urea groups is 1. The summed E-state index contributed by atoms with van der Waals surface area (Å²) in [5.74, 6) is 0.214. The van der Waals surface area contributed by atoms with Crippen LogP contribution in [0.2, 0.25) is 0 Å². The number of carbonyl (C=O) groups is 3. The number of imide groups is 1. The highest BCUT2D eigenvalue weighted by Gasteiger charge is 2.53. The van der Waals surface area contributed by atoms with Gasteiger partial charge in [-0.2, -0.15) is 0 Å². The molecule has 3 rings (SSSR count). The Bertz CT molecular complexity index is 575. The van der Waals surface area contributed by atoms with E-state index in [2.05, 4.69) is 31.4 Å². The van der Waals surface area contributed by atoms with Crippen LogP contribution in [0.5, 0.6) is 0 Å². The summed E-state index contributed by atoms with van der Waals surface area (Å²) in [4.78, 5) is 40.7. The number of hydrogen-bond donors (Lipinski definition) is 2. The molecule has 1 spiro atoms. The van der Waals surface area contributed by atoms with E-state index in [9.17, 15) is 14.4 Å². The summed E-state index contributed by atoms with van der Waals surface area (Å²) in [6, 6.07) is -0.410. The number of carbonyl (C=O) groups excluding carboxylic acids is 3. The smallest absolute Gasteiger partial charge is 0.325 e. The molecule has 0 aromatic rings. The minimum Gasteiger partial charge on any atom is -0.339 e. The van der Waals surface area contributed by atoms with Crippen LogP contribution in [-0.4, -0.2) is 65.9 Å². The lowest BCUT2D eigenvalue weighted by atomic mass is 9.65. The summed E-state index contributed by atoms with van der Waals surface area (Å²) in [7, 11) is 0. The fourth-order valence-electron chi connectivity index (χ4n) is 4.49. The zero-order valence-electron chi connectivity index (χ0n) is 16.3. The van der Waals surface area contributed by atoms with E-state index in [0.717, 1.165) is 37.3 Å². The van der Waals surface area contributed by atoms with E-state index in [4.69, 9.17) is 0 Å². The van der Waals surface area contributed by atoms with Crippen LogP contribution in [0, 0.1) is 11.3 Å². The van der Waals surface area contributed by atoms with Gasteiger partial charge in [0.1, 0.15) is 12.1 Å². The number of nitrogens with zero attached hydrogens (tertiary/aromatic N) is 2. The normalized spacial score (nSPS) is 30.0. The largest absolute Gasteiger partial charge is 0.339 e. The number of nitrogens with one attached hydrogen (secondary N) is 2. The molecule has 4 amide bonds. The molecule has 2 aliphatic heterocycles. The van der Waals surface area contributed by atoms with Gasteiger partial charge in [-0.25, -0.2) is 4.79 Å². The van der Waals surface area contributed by atoms with Gasteiger partial charge in [-0.1, -0.05) is 27.2 Å². The SMILES string of the molecule is CCC(C)(C)C1CCC2(CC1)NC(=O)N(CC(=O)N1CCNCC1)C2=O. The van der Waals surface area contributed by atoms with E-state index in [1.54, 1.807) is 4.90 Å². The molecule has 3 aliphatic rings. The first-order valence-corrected chi connectivity index (χ1v) is 9.92. The first-order chi connectivity index (χ1) is 12.3. The van der Waals surface area contributed by atoms with Crippen molar-refractivity contribution < 1.29 is 14.4 Å². The van der Waals surface area contributed by atoms with Crippen LogP contribution in [0.25, 0.3) is 0 Å². The van der Waals surface area contributed by atoms with Gasteiger partial charge in [0.25, 0.3) is 5.91 Å². The Morgan fingerprint density at radius 2 is 1.81 bits per heavy atom. The topological polar surface area (TPSA) is 81.8 Å². The summed E-state index contributed by atoms with van der Waals surface area (Å²) in [6.07, 6.45) is 4.32.